The van der Waals surface area contributed by atoms with Crippen LogP contribution >= 0.6 is 11.8 Å². The molecule has 0 aromatic heterocycles. The van der Waals surface area contributed by atoms with E-state index < -0.39 is 5.97 Å². The third-order valence-electron chi connectivity index (χ3n) is 3.45. The predicted molar refractivity (Wildman–Crippen MR) is 90.9 cm³/mol. The van der Waals surface area contributed by atoms with Crippen molar-refractivity contribution in [1.29, 1.82) is 0 Å². The molecule has 0 fully saturated rings. The number of nitrogens with zero attached hydrogens (tertiary/aromatic N) is 4. The highest BCUT2D eigenvalue weighted by Gasteiger charge is 2.40. The molecule has 1 aromatic carbocycles. The van der Waals surface area contributed by atoms with Gasteiger partial charge in [-0.05, 0) is 24.2 Å². The third kappa shape index (κ3) is 2.20. The lowest BCUT2D eigenvalue weighted by molar-refractivity contribution is -0.137. The van der Waals surface area contributed by atoms with Gasteiger partial charge in [-0.15, -0.1) is 0 Å². The molecule has 0 unspecified atom stereocenters. The van der Waals surface area contributed by atoms with Gasteiger partial charge in [-0.3, -0.25) is 4.90 Å². The Bertz CT molecular complexity index is 837. The largest absolute Gasteiger partial charge is 0.462 e. The molecule has 0 radical (unpaired) electrons. The summed E-state index contributed by atoms with van der Waals surface area (Å²) < 4.78 is 5.08. The average Bonchev–Trinajstić information content (AvgIpc) is 2.97. The van der Waals surface area contributed by atoms with E-state index in [0.717, 1.165) is 21.5 Å². The molecule has 0 saturated carbocycles. The Balaban J connectivity index is 1.78. The molecule has 23 heavy (non-hydrogen) atoms. The fourth-order valence-electron chi connectivity index (χ4n) is 2.46. The van der Waals surface area contributed by atoms with E-state index >= 15 is 0 Å². The Morgan fingerprint density at radius 1 is 1.26 bits per heavy atom. The van der Waals surface area contributed by atoms with Crippen LogP contribution in [0.5, 0.6) is 0 Å². The molecule has 1 aromatic rings. The van der Waals surface area contributed by atoms with Crippen LogP contribution in [0.1, 0.15) is 12.5 Å². The molecule has 0 aliphatic carbocycles. The summed E-state index contributed by atoms with van der Waals surface area (Å²) in [5.41, 5.74) is 1.40. The molecule has 0 atom stereocenters. The van der Waals surface area contributed by atoms with E-state index in [0.29, 0.717) is 18.0 Å². The Labute approximate surface area is 137 Å². The summed E-state index contributed by atoms with van der Waals surface area (Å²) in [5.74, 6) is 0.818. The average molecular weight is 324 g/mol. The van der Waals surface area contributed by atoms with Gasteiger partial charge in [0.25, 0.3) is 0 Å². The second kappa shape index (κ2) is 5.51. The van der Waals surface area contributed by atoms with Gasteiger partial charge in [0.1, 0.15) is 11.9 Å². The van der Waals surface area contributed by atoms with Crippen molar-refractivity contribution in [2.24, 2.45) is 15.0 Å². The quantitative estimate of drug-likeness (QED) is 0.802. The van der Waals surface area contributed by atoms with Crippen LogP contribution in [0.2, 0.25) is 0 Å². The first-order chi connectivity index (χ1) is 11.3. The van der Waals surface area contributed by atoms with Crippen LogP contribution in [0.25, 0.3) is 4.91 Å². The van der Waals surface area contributed by atoms with Crippen LogP contribution in [0.4, 0.5) is 0 Å². The summed E-state index contributed by atoms with van der Waals surface area (Å²) in [6, 6.07) is 9.97. The molecule has 3 aliphatic heterocycles. The highest BCUT2D eigenvalue weighted by Crippen LogP contribution is 2.44. The fourth-order valence-corrected chi connectivity index (χ4v) is 3.50. The maximum absolute atomic E-state index is 12.1. The van der Waals surface area contributed by atoms with Crippen LogP contribution in [-0.2, 0) is 9.53 Å². The summed E-state index contributed by atoms with van der Waals surface area (Å²) in [4.78, 5) is 27.9. The van der Waals surface area contributed by atoms with Crippen LogP contribution < -0.4 is 0 Å². The molecule has 114 valence electrons. The second-order valence-corrected chi connectivity index (χ2v) is 5.81. The Kier molecular flexibility index (Phi) is 3.34. The van der Waals surface area contributed by atoms with Gasteiger partial charge in [-0.25, -0.2) is 19.8 Å². The van der Waals surface area contributed by atoms with E-state index in [9.17, 15) is 4.79 Å². The predicted octanol–water partition coefficient (Wildman–Crippen LogP) is 2.62. The molecule has 0 N–H and O–H groups in total. The first-order valence-corrected chi connectivity index (χ1v) is 7.94. The zero-order valence-corrected chi connectivity index (χ0v) is 13.1. The number of esters is 1. The van der Waals surface area contributed by atoms with E-state index in [-0.39, 0.29) is 0 Å². The minimum absolute atomic E-state index is 0.306. The second-order valence-electron chi connectivity index (χ2n) is 4.83. The molecule has 4 rings (SSSR count). The third-order valence-corrected chi connectivity index (χ3v) is 4.54. The van der Waals surface area contributed by atoms with E-state index in [1.165, 1.54) is 24.3 Å². The van der Waals surface area contributed by atoms with Crippen LogP contribution in [0.15, 0.2) is 62.9 Å². The van der Waals surface area contributed by atoms with Crippen molar-refractivity contribution in [1.82, 2.24) is 4.90 Å². The van der Waals surface area contributed by atoms with Crippen molar-refractivity contribution >= 4 is 40.0 Å². The standard InChI is InChI=1S/C16H12N4O2S/c1-2-22-15(21)11-8-17-16-20-13(11)18-9-19-14(20)12(23-16)10-6-4-3-5-7-10/h3-9H,2H2,1H3. The van der Waals surface area contributed by atoms with Gasteiger partial charge in [0.2, 0.25) is 0 Å². The summed E-state index contributed by atoms with van der Waals surface area (Å²) in [6.07, 6.45) is 2.98. The van der Waals surface area contributed by atoms with Crippen molar-refractivity contribution in [2.45, 2.75) is 6.92 Å². The number of hydrogen-bond acceptors (Lipinski definition) is 7. The smallest absolute Gasteiger partial charge is 0.343 e. The van der Waals surface area contributed by atoms with Crippen LogP contribution in [-0.4, -0.2) is 34.8 Å². The topological polar surface area (TPSA) is 66.6 Å². The maximum atomic E-state index is 12.1. The zero-order chi connectivity index (χ0) is 15.8. The van der Waals surface area contributed by atoms with E-state index in [2.05, 4.69) is 15.0 Å². The highest BCUT2D eigenvalue weighted by atomic mass is 32.2. The van der Waals surface area contributed by atoms with Gasteiger partial charge in [0.15, 0.2) is 16.8 Å². The molecule has 3 aliphatic rings. The van der Waals surface area contributed by atoms with Gasteiger partial charge in [-0.1, -0.05) is 30.3 Å². The molecule has 3 heterocycles. The lowest BCUT2D eigenvalue weighted by atomic mass is 10.2. The van der Waals surface area contributed by atoms with Gasteiger partial charge < -0.3 is 4.74 Å². The number of hydrogen-bond donors (Lipinski definition) is 0. The van der Waals surface area contributed by atoms with E-state index in [1.807, 2.05) is 30.3 Å². The number of ether oxygens (including phenoxy) is 1. The van der Waals surface area contributed by atoms with Crippen molar-refractivity contribution in [3.8, 4) is 0 Å². The summed E-state index contributed by atoms with van der Waals surface area (Å²) in [5, 5.41) is 0.738. The van der Waals surface area contributed by atoms with Gasteiger partial charge in [0.05, 0.1) is 11.5 Å². The number of aliphatic imine (C=N–C) groups is 3. The number of rotatable bonds is 3. The molecular formula is C16H12N4O2S. The minimum atomic E-state index is -0.429. The minimum Gasteiger partial charge on any atom is -0.462 e. The SMILES string of the molecule is CCOC(=O)C1=CN=C2SC(c3ccccc3)=C3N=CN=C1N23. The van der Waals surface area contributed by atoms with Gasteiger partial charge in [-0.2, -0.15) is 0 Å². The Morgan fingerprint density at radius 3 is 2.87 bits per heavy atom. The number of carbonyl (C=O) groups excluding carboxylic acids is 1. The fraction of sp³-hybridized carbons (Fsp3) is 0.125. The molecule has 0 saturated heterocycles. The molecule has 0 spiro atoms. The van der Waals surface area contributed by atoms with E-state index in [4.69, 9.17) is 4.74 Å². The highest BCUT2D eigenvalue weighted by molar-refractivity contribution is 8.22. The van der Waals surface area contributed by atoms with Crippen molar-refractivity contribution in [3.63, 3.8) is 0 Å². The van der Waals surface area contributed by atoms with Gasteiger partial charge >= 0.3 is 5.97 Å². The molecular weight excluding hydrogens is 312 g/mol. The van der Waals surface area contributed by atoms with E-state index in [1.54, 1.807) is 11.8 Å². The van der Waals surface area contributed by atoms with Crippen molar-refractivity contribution < 1.29 is 9.53 Å². The molecule has 6 nitrogen and oxygen atoms in total. The number of amidine groups is 2. The molecule has 0 bridgehead atoms. The Morgan fingerprint density at radius 2 is 2.09 bits per heavy atom. The van der Waals surface area contributed by atoms with Crippen LogP contribution in [0.3, 0.4) is 0 Å². The first kappa shape index (κ1) is 14.0. The Hall–Kier alpha value is -2.67. The first-order valence-electron chi connectivity index (χ1n) is 7.13. The summed E-state index contributed by atoms with van der Waals surface area (Å²) >= 11 is 1.52. The monoisotopic (exact) mass is 324 g/mol. The summed E-state index contributed by atoms with van der Waals surface area (Å²) in [7, 11) is 0. The number of carbonyl (C=O) groups is 1. The normalized spacial score (nSPS) is 18.3. The number of thioether (sulfide) groups is 1. The number of benzene rings is 1. The zero-order valence-electron chi connectivity index (χ0n) is 12.3. The van der Waals surface area contributed by atoms with Gasteiger partial charge in [0, 0.05) is 6.20 Å². The molecule has 7 heteroatoms. The van der Waals surface area contributed by atoms with Crippen LogP contribution in [0, 0.1) is 0 Å². The van der Waals surface area contributed by atoms with Crippen molar-refractivity contribution in [3.05, 3.63) is 53.5 Å². The molecule has 0 amide bonds. The maximum Gasteiger partial charge on any atom is 0.343 e. The summed E-state index contributed by atoms with van der Waals surface area (Å²) in [6.45, 7) is 2.07. The lowest BCUT2D eigenvalue weighted by Crippen LogP contribution is -2.38. The van der Waals surface area contributed by atoms with Crippen molar-refractivity contribution in [2.75, 3.05) is 6.61 Å². The lowest BCUT2D eigenvalue weighted by Gasteiger charge is -2.26.